The molecule has 1 aliphatic carbocycles. The molecule has 1 heterocycles. The molecule has 9 nitrogen and oxygen atoms in total. The van der Waals surface area contributed by atoms with Crippen LogP contribution < -0.4 is 5.32 Å². The van der Waals surface area contributed by atoms with Gasteiger partial charge in [-0.1, -0.05) is 48.5 Å². The summed E-state index contributed by atoms with van der Waals surface area (Å²) < 4.78 is 41.9. The predicted octanol–water partition coefficient (Wildman–Crippen LogP) is 3.58. The molecule has 1 unspecified atom stereocenters. The second-order valence-electron chi connectivity index (χ2n) is 7.25. The molecule has 0 spiro atoms. The fourth-order valence-corrected chi connectivity index (χ4v) is 4.28. The van der Waals surface area contributed by atoms with E-state index in [1.165, 1.54) is 6.07 Å². The monoisotopic (exact) mass is 457 g/mol. The Bertz CT molecular complexity index is 1230. The summed E-state index contributed by atoms with van der Waals surface area (Å²) in [6.45, 7) is 0.0219. The highest BCUT2D eigenvalue weighted by atomic mass is 32.2. The van der Waals surface area contributed by atoms with Crippen molar-refractivity contribution in [3.8, 4) is 11.1 Å². The molecule has 166 valence electrons. The van der Waals surface area contributed by atoms with Crippen LogP contribution in [0, 0.1) is 0 Å². The Morgan fingerprint density at radius 3 is 2.12 bits per heavy atom. The number of amides is 1. The topological polar surface area (TPSA) is 143 Å². The molecule has 2 aromatic carbocycles. The zero-order chi connectivity index (χ0) is 22.9. The summed E-state index contributed by atoms with van der Waals surface area (Å²) in [5.41, 5.74) is 4.17. The molecular weight excluding hydrogens is 438 g/mol. The number of benzene rings is 2. The van der Waals surface area contributed by atoms with E-state index in [1.54, 1.807) is 0 Å². The highest BCUT2D eigenvalue weighted by Gasteiger charge is 2.30. The molecule has 10 heteroatoms. The van der Waals surface area contributed by atoms with Crippen LogP contribution in [0.25, 0.3) is 11.1 Å². The molecule has 0 saturated carbocycles. The molecule has 1 atom stereocenters. The van der Waals surface area contributed by atoms with Gasteiger partial charge < -0.3 is 19.6 Å². The molecule has 0 radical (unpaired) electrons. The quantitative estimate of drug-likeness (QED) is 0.457. The number of hydrogen-bond donors (Lipinski definition) is 3. The number of nitrogens with one attached hydrogen (secondary N) is 1. The molecule has 0 bridgehead atoms. The number of carbonyl (C=O) groups excluding carboxylic acids is 1. The van der Waals surface area contributed by atoms with E-state index in [9.17, 15) is 18.0 Å². The molecule has 32 heavy (non-hydrogen) atoms. The minimum absolute atomic E-state index is 0.0219. The Hall–Kier alpha value is -3.63. The van der Waals surface area contributed by atoms with Gasteiger partial charge in [0.1, 0.15) is 18.4 Å². The van der Waals surface area contributed by atoms with E-state index >= 15 is 0 Å². The van der Waals surface area contributed by atoms with Gasteiger partial charge in [-0.05, 0) is 34.4 Å². The van der Waals surface area contributed by atoms with Gasteiger partial charge in [0, 0.05) is 5.92 Å². The number of fused-ring (bicyclic) bond motifs is 3. The zero-order valence-electron chi connectivity index (χ0n) is 16.6. The summed E-state index contributed by atoms with van der Waals surface area (Å²) >= 11 is 0. The second-order valence-corrected chi connectivity index (χ2v) is 8.60. The fourth-order valence-electron chi connectivity index (χ4n) is 3.84. The average molecular weight is 457 g/mol. The standard InChI is InChI=1S/C22H19NO8S/c24-20(25)11-18(19-9-10-21(31-19)32(27,28)29)23-22(26)30-12-17-15-7-3-1-5-13(15)14-6-2-4-8-16(14)17/h1-10,17-18H,11-12H2,(H,23,26)(H,24,25)(H,27,28,29). The number of carbonyl (C=O) groups is 2. The predicted molar refractivity (Wildman–Crippen MR) is 112 cm³/mol. The molecule has 0 saturated heterocycles. The van der Waals surface area contributed by atoms with E-state index in [-0.39, 0.29) is 18.3 Å². The van der Waals surface area contributed by atoms with Crippen LogP contribution in [0.3, 0.4) is 0 Å². The average Bonchev–Trinajstić information content (AvgIpc) is 3.35. The van der Waals surface area contributed by atoms with Gasteiger partial charge in [-0.15, -0.1) is 0 Å². The number of furan rings is 1. The second kappa shape index (κ2) is 8.48. The van der Waals surface area contributed by atoms with Crippen LogP contribution in [-0.4, -0.2) is 36.7 Å². The van der Waals surface area contributed by atoms with Crippen LogP contribution in [0.1, 0.15) is 35.3 Å². The molecule has 0 fully saturated rings. The summed E-state index contributed by atoms with van der Waals surface area (Å²) in [4.78, 5) is 23.7. The highest BCUT2D eigenvalue weighted by molar-refractivity contribution is 7.85. The van der Waals surface area contributed by atoms with Crippen LogP contribution >= 0.6 is 0 Å². The highest BCUT2D eigenvalue weighted by Crippen LogP contribution is 2.44. The number of ether oxygens (including phenoxy) is 1. The summed E-state index contributed by atoms with van der Waals surface area (Å²) in [5.74, 6) is -1.58. The summed E-state index contributed by atoms with van der Waals surface area (Å²) in [6, 6.07) is 16.6. The van der Waals surface area contributed by atoms with Gasteiger partial charge in [-0.2, -0.15) is 8.42 Å². The smallest absolute Gasteiger partial charge is 0.407 e. The first kappa shape index (κ1) is 21.6. The van der Waals surface area contributed by atoms with E-state index in [0.717, 1.165) is 28.3 Å². The third-order valence-corrected chi connectivity index (χ3v) is 5.94. The van der Waals surface area contributed by atoms with Crippen LogP contribution in [0.4, 0.5) is 4.79 Å². The number of carboxylic acids is 1. The van der Waals surface area contributed by atoms with Crippen molar-refractivity contribution in [3.05, 3.63) is 77.6 Å². The molecule has 1 aliphatic rings. The Kier molecular flexibility index (Phi) is 5.72. The maximum atomic E-state index is 12.5. The van der Waals surface area contributed by atoms with Crippen molar-refractivity contribution < 1.29 is 36.8 Å². The molecule has 3 N–H and O–H groups in total. The fraction of sp³-hybridized carbons (Fsp3) is 0.182. The van der Waals surface area contributed by atoms with E-state index < -0.39 is 39.7 Å². The molecule has 1 aromatic heterocycles. The van der Waals surface area contributed by atoms with Crippen molar-refractivity contribution in [2.75, 3.05) is 6.61 Å². The lowest BCUT2D eigenvalue weighted by molar-refractivity contribution is -0.137. The SMILES string of the molecule is O=C(O)CC(NC(=O)OCC1c2ccccc2-c2ccccc21)c1ccc(S(=O)(=O)O)o1. The number of alkyl carbamates (subject to hydrolysis) is 1. The Morgan fingerprint density at radius 2 is 1.59 bits per heavy atom. The summed E-state index contributed by atoms with van der Waals surface area (Å²) in [7, 11) is -4.61. The Labute approximate surface area is 183 Å². The van der Waals surface area contributed by atoms with Gasteiger partial charge in [0.2, 0.25) is 5.09 Å². The van der Waals surface area contributed by atoms with Gasteiger partial charge in [0.25, 0.3) is 0 Å². The Balaban J connectivity index is 1.49. The first-order valence-corrected chi connectivity index (χ1v) is 11.1. The normalized spacial score (nSPS) is 13.8. The minimum atomic E-state index is -4.61. The van der Waals surface area contributed by atoms with E-state index in [2.05, 4.69) is 5.32 Å². The van der Waals surface area contributed by atoms with Crippen LogP contribution in [0.15, 0.2) is 70.2 Å². The lowest BCUT2D eigenvalue weighted by Gasteiger charge is -2.17. The lowest BCUT2D eigenvalue weighted by Crippen LogP contribution is -2.31. The maximum Gasteiger partial charge on any atom is 0.407 e. The molecule has 3 aromatic rings. The van der Waals surface area contributed by atoms with Gasteiger partial charge in [0.15, 0.2) is 0 Å². The van der Waals surface area contributed by atoms with Crippen molar-refractivity contribution in [1.29, 1.82) is 0 Å². The van der Waals surface area contributed by atoms with Crippen molar-refractivity contribution in [2.24, 2.45) is 0 Å². The third kappa shape index (κ3) is 4.36. The minimum Gasteiger partial charge on any atom is -0.481 e. The molecule has 0 aliphatic heterocycles. The summed E-state index contributed by atoms with van der Waals surface area (Å²) in [6.07, 6.45) is -1.47. The van der Waals surface area contributed by atoms with Crippen molar-refractivity contribution in [3.63, 3.8) is 0 Å². The van der Waals surface area contributed by atoms with Crippen LogP contribution in [0.2, 0.25) is 0 Å². The Morgan fingerprint density at radius 1 is 1.00 bits per heavy atom. The maximum absolute atomic E-state index is 12.5. The number of hydrogen-bond acceptors (Lipinski definition) is 6. The number of rotatable bonds is 7. The summed E-state index contributed by atoms with van der Waals surface area (Å²) in [5, 5.41) is 10.8. The van der Waals surface area contributed by atoms with Gasteiger partial charge >= 0.3 is 22.2 Å². The van der Waals surface area contributed by atoms with Crippen molar-refractivity contribution >= 4 is 22.2 Å². The lowest BCUT2D eigenvalue weighted by atomic mass is 9.98. The van der Waals surface area contributed by atoms with Crippen LogP contribution in [0.5, 0.6) is 0 Å². The van der Waals surface area contributed by atoms with E-state index in [1.807, 2.05) is 48.5 Å². The number of aliphatic carboxylic acids is 1. The molecular formula is C22H19NO8S. The van der Waals surface area contributed by atoms with Crippen molar-refractivity contribution in [1.82, 2.24) is 5.32 Å². The van der Waals surface area contributed by atoms with E-state index in [0.29, 0.717) is 0 Å². The largest absolute Gasteiger partial charge is 0.481 e. The zero-order valence-corrected chi connectivity index (χ0v) is 17.4. The first-order chi connectivity index (χ1) is 15.2. The van der Waals surface area contributed by atoms with E-state index in [4.69, 9.17) is 18.8 Å². The van der Waals surface area contributed by atoms with Gasteiger partial charge in [-0.25, -0.2) is 4.79 Å². The molecule has 4 rings (SSSR count). The third-order valence-electron chi connectivity index (χ3n) is 5.21. The van der Waals surface area contributed by atoms with Crippen molar-refractivity contribution in [2.45, 2.75) is 23.5 Å². The van der Waals surface area contributed by atoms with Gasteiger partial charge in [0.05, 0.1) is 6.42 Å². The van der Waals surface area contributed by atoms with Crippen LogP contribution in [-0.2, 0) is 19.6 Å². The van der Waals surface area contributed by atoms with Gasteiger partial charge in [-0.3, -0.25) is 9.35 Å². The first-order valence-electron chi connectivity index (χ1n) is 9.64. The number of carboxylic acid groups (broad SMARTS) is 1. The molecule has 1 amide bonds.